The Morgan fingerprint density at radius 1 is 1.38 bits per heavy atom. The van der Waals surface area contributed by atoms with Crippen molar-refractivity contribution in [3.05, 3.63) is 36.4 Å². The van der Waals surface area contributed by atoms with Crippen LogP contribution in [0, 0.1) is 12.3 Å². The quantitative estimate of drug-likeness (QED) is 0.706. The van der Waals surface area contributed by atoms with E-state index in [1.165, 1.54) is 0 Å². The molecule has 0 heterocycles. The molecule has 0 aliphatic rings. The van der Waals surface area contributed by atoms with Crippen LogP contribution in [-0.2, 0) is 0 Å². The summed E-state index contributed by atoms with van der Waals surface area (Å²) in [7, 11) is 1.66. The van der Waals surface area contributed by atoms with E-state index in [-0.39, 0.29) is 5.41 Å². The summed E-state index contributed by atoms with van der Waals surface area (Å²) in [6, 6.07) is 5.81. The van der Waals surface area contributed by atoms with Crippen LogP contribution in [0.2, 0.25) is 0 Å². The van der Waals surface area contributed by atoms with Crippen molar-refractivity contribution in [3.63, 3.8) is 0 Å². The maximum Gasteiger partial charge on any atom is 0.122 e. The van der Waals surface area contributed by atoms with Crippen molar-refractivity contribution in [2.75, 3.05) is 13.7 Å². The average Bonchev–Trinajstić information content (AvgIpc) is 2.27. The zero-order valence-corrected chi connectivity index (χ0v) is 10.5. The summed E-state index contributed by atoms with van der Waals surface area (Å²) in [6.45, 7) is 10.6. The van der Waals surface area contributed by atoms with E-state index in [1.807, 2.05) is 31.2 Å². The molecule has 1 rings (SSSR count). The molecule has 0 saturated heterocycles. The highest BCUT2D eigenvalue weighted by Gasteiger charge is 2.14. The summed E-state index contributed by atoms with van der Waals surface area (Å²) in [5.41, 5.74) is 1.08. The molecule has 2 heteroatoms. The largest absolute Gasteiger partial charge is 0.497 e. The van der Waals surface area contributed by atoms with Gasteiger partial charge in [0.1, 0.15) is 11.5 Å². The maximum absolute atomic E-state index is 5.77. The zero-order valence-electron chi connectivity index (χ0n) is 10.5. The van der Waals surface area contributed by atoms with Gasteiger partial charge in [0.2, 0.25) is 0 Å². The second-order valence-corrected chi connectivity index (χ2v) is 4.61. The number of rotatable bonds is 5. The van der Waals surface area contributed by atoms with Crippen molar-refractivity contribution in [3.8, 4) is 11.5 Å². The molecule has 0 fully saturated rings. The Morgan fingerprint density at radius 2 is 2.06 bits per heavy atom. The monoisotopic (exact) mass is 220 g/mol. The third-order valence-corrected chi connectivity index (χ3v) is 2.53. The molecule has 0 spiro atoms. The standard InChI is InChI=1S/C14H20O2/c1-6-14(3,4)10-16-13-8-7-12(15-5)9-11(13)2/h6-9H,1,10H2,2-5H3. The second kappa shape index (κ2) is 5.06. The Balaban J connectivity index is 2.71. The summed E-state index contributed by atoms with van der Waals surface area (Å²) in [6.07, 6.45) is 1.91. The highest BCUT2D eigenvalue weighted by atomic mass is 16.5. The predicted molar refractivity (Wildman–Crippen MR) is 67.2 cm³/mol. The summed E-state index contributed by atoms with van der Waals surface area (Å²) in [5.74, 6) is 1.75. The molecule has 88 valence electrons. The lowest BCUT2D eigenvalue weighted by atomic mass is 9.95. The van der Waals surface area contributed by atoms with Crippen LogP contribution in [0.15, 0.2) is 30.9 Å². The fourth-order valence-corrected chi connectivity index (χ4v) is 1.23. The Hall–Kier alpha value is -1.44. The van der Waals surface area contributed by atoms with Crippen molar-refractivity contribution in [1.82, 2.24) is 0 Å². The first kappa shape index (κ1) is 12.6. The number of hydrogen-bond donors (Lipinski definition) is 0. The van der Waals surface area contributed by atoms with Crippen LogP contribution in [0.4, 0.5) is 0 Å². The first-order chi connectivity index (χ1) is 7.48. The van der Waals surface area contributed by atoms with Gasteiger partial charge in [0.15, 0.2) is 0 Å². The third kappa shape index (κ3) is 3.30. The molecule has 0 unspecified atom stereocenters. The fourth-order valence-electron chi connectivity index (χ4n) is 1.23. The molecule has 16 heavy (non-hydrogen) atoms. The van der Waals surface area contributed by atoms with E-state index in [0.29, 0.717) is 6.61 Å². The lowest BCUT2D eigenvalue weighted by Gasteiger charge is -2.21. The van der Waals surface area contributed by atoms with Gasteiger partial charge in [0.05, 0.1) is 13.7 Å². The van der Waals surface area contributed by atoms with Gasteiger partial charge in [0, 0.05) is 5.41 Å². The smallest absolute Gasteiger partial charge is 0.122 e. The highest BCUT2D eigenvalue weighted by Crippen LogP contribution is 2.25. The number of ether oxygens (including phenoxy) is 2. The minimum Gasteiger partial charge on any atom is -0.497 e. The molecule has 0 amide bonds. The van der Waals surface area contributed by atoms with Gasteiger partial charge in [-0.05, 0) is 30.7 Å². The molecular weight excluding hydrogens is 200 g/mol. The molecule has 0 saturated carbocycles. The molecule has 0 aliphatic carbocycles. The van der Waals surface area contributed by atoms with Crippen LogP contribution in [0.5, 0.6) is 11.5 Å². The summed E-state index contributed by atoms with van der Waals surface area (Å²) < 4.78 is 10.9. The van der Waals surface area contributed by atoms with Gasteiger partial charge in [-0.1, -0.05) is 19.9 Å². The maximum atomic E-state index is 5.77. The van der Waals surface area contributed by atoms with Crippen molar-refractivity contribution < 1.29 is 9.47 Å². The minimum atomic E-state index is -0.00757. The highest BCUT2D eigenvalue weighted by molar-refractivity contribution is 5.39. The average molecular weight is 220 g/mol. The topological polar surface area (TPSA) is 18.5 Å². The third-order valence-electron chi connectivity index (χ3n) is 2.53. The van der Waals surface area contributed by atoms with Gasteiger partial charge < -0.3 is 9.47 Å². The molecule has 1 aromatic carbocycles. The van der Waals surface area contributed by atoms with E-state index < -0.39 is 0 Å². The number of methoxy groups -OCH3 is 1. The van der Waals surface area contributed by atoms with Crippen LogP contribution in [0.1, 0.15) is 19.4 Å². The van der Waals surface area contributed by atoms with Gasteiger partial charge in [-0.2, -0.15) is 0 Å². The first-order valence-corrected chi connectivity index (χ1v) is 5.39. The molecule has 0 aromatic heterocycles. The van der Waals surface area contributed by atoms with Crippen LogP contribution >= 0.6 is 0 Å². The Bertz CT molecular complexity index is 367. The van der Waals surface area contributed by atoms with E-state index >= 15 is 0 Å². The Morgan fingerprint density at radius 3 is 2.56 bits per heavy atom. The van der Waals surface area contributed by atoms with Gasteiger partial charge in [-0.25, -0.2) is 0 Å². The van der Waals surface area contributed by atoms with Crippen molar-refractivity contribution >= 4 is 0 Å². The summed E-state index contributed by atoms with van der Waals surface area (Å²) in [5, 5.41) is 0. The van der Waals surface area contributed by atoms with Gasteiger partial charge in [0.25, 0.3) is 0 Å². The van der Waals surface area contributed by atoms with Crippen LogP contribution in [0.3, 0.4) is 0 Å². The molecule has 0 atom stereocenters. The van der Waals surface area contributed by atoms with Crippen molar-refractivity contribution in [2.24, 2.45) is 5.41 Å². The molecule has 0 aliphatic heterocycles. The van der Waals surface area contributed by atoms with Gasteiger partial charge >= 0.3 is 0 Å². The SMILES string of the molecule is C=CC(C)(C)COc1ccc(OC)cc1C. The van der Waals surface area contributed by atoms with Crippen LogP contribution in [0.25, 0.3) is 0 Å². The molecular formula is C14H20O2. The Kier molecular flexibility index (Phi) is 3.99. The number of aryl methyl sites for hydroxylation is 1. The summed E-state index contributed by atoms with van der Waals surface area (Å²) in [4.78, 5) is 0. The molecule has 1 aromatic rings. The van der Waals surface area contributed by atoms with Crippen molar-refractivity contribution in [1.29, 1.82) is 0 Å². The molecule has 2 nitrogen and oxygen atoms in total. The van der Waals surface area contributed by atoms with E-state index in [4.69, 9.17) is 9.47 Å². The minimum absolute atomic E-state index is 0.00757. The number of hydrogen-bond acceptors (Lipinski definition) is 2. The number of benzene rings is 1. The van der Waals surface area contributed by atoms with Crippen LogP contribution < -0.4 is 9.47 Å². The lowest BCUT2D eigenvalue weighted by molar-refractivity contribution is 0.220. The molecule has 0 N–H and O–H groups in total. The van der Waals surface area contributed by atoms with Gasteiger partial charge in [-0.3, -0.25) is 0 Å². The zero-order chi connectivity index (χ0) is 12.2. The normalized spacial score (nSPS) is 11.0. The van der Waals surface area contributed by atoms with E-state index in [1.54, 1.807) is 7.11 Å². The Labute approximate surface area is 97.9 Å². The van der Waals surface area contributed by atoms with E-state index in [2.05, 4.69) is 20.4 Å². The van der Waals surface area contributed by atoms with E-state index in [0.717, 1.165) is 17.1 Å². The second-order valence-electron chi connectivity index (χ2n) is 4.61. The van der Waals surface area contributed by atoms with Gasteiger partial charge in [-0.15, -0.1) is 6.58 Å². The van der Waals surface area contributed by atoms with E-state index in [9.17, 15) is 0 Å². The summed E-state index contributed by atoms with van der Waals surface area (Å²) >= 11 is 0. The molecule has 0 radical (unpaired) electrons. The fraction of sp³-hybridized carbons (Fsp3) is 0.429. The van der Waals surface area contributed by atoms with Crippen LogP contribution in [-0.4, -0.2) is 13.7 Å². The van der Waals surface area contributed by atoms with Crippen molar-refractivity contribution in [2.45, 2.75) is 20.8 Å². The molecule has 0 bridgehead atoms. The lowest BCUT2D eigenvalue weighted by Crippen LogP contribution is -2.18. The predicted octanol–water partition coefficient (Wildman–Crippen LogP) is 3.59. The first-order valence-electron chi connectivity index (χ1n) is 5.39.